The first-order valence-corrected chi connectivity index (χ1v) is 10.6. The van der Waals surface area contributed by atoms with Crippen LogP contribution in [-0.4, -0.2) is 34.9 Å². The number of rotatable bonds is 7. The Kier molecular flexibility index (Phi) is 7.02. The minimum atomic E-state index is -0.0886. The smallest absolute Gasteiger partial charge is 0.255 e. The van der Waals surface area contributed by atoms with E-state index in [4.69, 9.17) is 33.0 Å². The Hall–Kier alpha value is -1.56. The van der Waals surface area contributed by atoms with E-state index in [1.807, 2.05) is 17.7 Å². The van der Waals surface area contributed by atoms with Gasteiger partial charge in [-0.1, -0.05) is 44.0 Å². The monoisotopic (exact) mass is 423 g/mol. The van der Waals surface area contributed by atoms with Crippen LogP contribution in [0.15, 0.2) is 18.2 Å². The summed E-state index contributed by atoms with van der Waals surface area (Å²) in [5, 5.41) is 8.79. The van der Waals surface area contributed by atoms with Gasteiger partial charge >= 0.3 is 0 Å². The molecule has 0 aliphatic carbocycles. The molecule has 7 heteroatoms. The highest BCUT2D eigenvalue weighted by molar-refractivity contribution is 6.42. The second kappa shape index (κ2) is 9.29. The van der Waals surface area contributed by atoms with Crippen molar-refractivity contribution in [3.8, 4) is 5.69 Å². The first-order valence-electron chi connectivity index (χ1n) is 9.86. The van der Waals surface area contributed by atoms with E-state index in [0.29, 0.717) is 34.5 Å². The number of carbonyl (C=O) groups is 1. The fraction of sp³-hybridized carbons (Fsp3) is 0.524. The number of nitrogens with zero attached hydrogens (tertiary/aromatic N) is 2. The molecule has 1 amide bonds. The first kappa shape index (κ1) is 21.2. The summed E-state index contributed by atoms with van der Waals surface area (Å²) in [6.07, 6.45) is 3.54. The number of hydrogen-bond donors (Lipinski definition) is 1. The standard InChI is InChI=1S/C21H27Cl2N3O2/c1-4-19-20(21(27)24-12-15-6-5-9-28-15)18(10-13(2)3)25-26(19)14-7-8-16(22)17(23)11-14/h7-8,11,13,15H,4-6,9-10,12H2,1-3H3,(H,24,27). The third-order valence-corrected chi connectivity index (χ3v) is 5.62. The van der Waals surface area contributed by atoms with Gasteiger partial charge in [0.25, 0.3) is 5.91 Å². The van der Waals surface area contributed by atoms with Gasteiger partial charge in [-0.3, -0.25) is 4.79 Å². The number of benzene rings is 1. The van der Waals surface area contributed by atoms with Crippen LogP contribution in [0.25, 0.3) is 5.69 Å². The van der Waals surface area contributed by atoms with Crippen LogP contribution in [0.4, 0.5) is 0 Å². The molecule has 0 bridgehead atoms. The number of nitrogens with one attached hydrogen (secondary N) is 1. The molecule has 5 nitrogen and oxygen atoms in total. The van der Waals surface area contributed by atoms with Crippen molar-refractivity contribution in [2.45, 2.75) is 52.6 Å². The van der Waals surface area contributed by atoms with Crippen LogP contribution in [0.3, 0.4) is 0 Å². The van der Waals surface area contributed by atoms with Gasteiger partial charge in [0.1, 0.15) is 0 Å². The summed E-state index contributed by atoms with van der Waals surface area (Å²) in [4.78, 5) is 13.1. The number of aromatic nitrogens is 2. The van der Waals surface area contributed by atoms with Crippen molar-refractivity contribution in [3.05, 3.63) is 45.2 Å². The molecule has 1 fully saturated rings. The van der Waals surface area contributed by atoms with Crippen molar-refractivity contribution >= 4 is 29.1 Å². The predicted molar refractivity (Wildman–Crippen MR) is 113 cm³/mol. The Labute approximate surface area is 176 Å². The van der Waals surface area contributed by atoms with Gasteiger partial charge in [-0.2, -0.15) is 5.10 Å². The molecule has 0 spiro atoms. The summed E-state index contributed by atoms with van der Waals surface area (Å²) < 4.78 is 7.45. The van der Waals surface area contributed by atoms with Crippen LogP contribution >= 0.6 is 23.2 Å². The average molecular weight is 424 g/mol. The molecule has 1 aliphatic heterocycles. The zero-order valence-electron chi connectivity index (χ0n) is 16.6. The molecule has 1 aromatic carbocycles. The third-order valence-electron chi connectivity index (χ3n) is 4.88. The van der Waals surface area contributed by atoms with Crippen molar-refractivity contribution in [2.24, 2.45) is 5.92 Å². The van der Waals surface area contributed by atoms with Crippen LogP contribution < -0.4 is 5.32 Å². The maximum Gasteiger partial charge on any atom is 0.255 e. The number of halogens is 2. The van der Waals surface area contributed by atoms with E-state index in [9.17, 15) is 4.79 Å². The van der Waals surface area contributed by atoms with E-state index in [2.05, 4.69) is 19.2 Å². The lowest BCUT2D eigenvalue weighted by Gasteiger charge is -2.12. The fourth-order valence-electron chi connectivity index (χ4n) is 3.55. The molecule has 1 N–H and O–H groups in total. The minimum Gasteiger partial charge on any atom is -0.376 e. The van der Waals surface area contributed by atoms with Crippen LogP contribution in [0.2, 0.25) is 10.0 Å². The highest BCUT2D eigenvalue weighted by Crippen LogP contribution is 2.27. The predicted octanol–water partition coefficient (Wildman–Crippen LogP) is 4.85. The van der Waals surface area contributed by atoms with E-state index in [0.717, 1.165) is 42.9 Å². The van der Waals surface area contributed by atoms with E-state index in [1.165, 1.54) is 0 Å². The number of carbonyl (C=O) groups excluding carboxylic acids is 1. The van der Waals surface area contributed by atoms with E-state index in [1.54, 1.807) is 12.1 Å². The second-order valence-corrected chi connectivity index (χ2v) is 8.39. The Morgan fingerprint density at radius 3 is 2.75 bits per heavy atom. The molecule has 1 unspecified atom stereocenters. The van der Waals surface area contributed by atoms with Crippen molar-refractivity contribution in [2.75, 3.05) is 13.2 Å². The Balaban J connectivity index is 1.96. The quantitative estimate of drug-likeness (QED) is 0.692. The lowest BCUT2D eigenvalue weighted by atomic mass is 10.0. The van der Waals surface area contributed by atoms with E-state index >= 15 is 0 Å². The maximum absolute atomic E-state index is 13.1. The molecular formula is C21H27Cl2N3O2. The van der Waals surface area contributed by atoms with E-state index < -0.39 is 0 Å². The van der Waals surface area contributed by atoms with Gasteiger partial charge in [0.05, 0.1) is 38.8 Å². The molecule has 152 valence electrons. The Morgan fingerprint density at radius 1 is 1.36 bits per heavy atom. The summed E-state index contributed by atoms with van der Waals surface area (Å²) >= 11 is 12.3. The summed E-state index contributed by atoms with van der Waals surface area (Å²) in [7, 11) is 0. The fourth-order valence-corrected chi connectivity index (χ4v) is 3.84. The molecule has 2 aromatic rings. The lowest BCUT2D eigenvalue weighted by Crippen LogP contribution is -2.32. The van der Waals surface area contributed by atoms with E-state index in [-0.39, 0.29) is 12.0 Å². The van der Waals surface area contributed by atoms with Gasteiger partial charge in [0, 0.05) is 13.2 Å². The molecule has 28 heavy (non-hydrogen) atoms. The number of amides is 1. The maximum atomic E-state index is 13.1. The Morgan fingerprint density at radius 2 is 2.14 bits per heavy atom. The van der Waals surface area contributed by atoms with Gasteiger partial charge < -0.3 is 10.1 Å². The van der Waals surface area contributed by atoms with Gasteiger partial charge in [-0.25, -0.2) is 4.68 Å². The largest absolute Gasteiger partial charge is 0.376 e. The number of ether oxygens (including phenoxy) is 1. The van der Waals surface area contributed by atoms with Gasteiger partial charge in [-0.15, -0.1) is 0 Å². The molecule has 1 saturated heterocycles. The third kappa shape index (κ3) is 4.70. The van der Waals surface area contributed by atoms with Gasteiger partial charge in [0.2, 0.25) is 0 Å². The lowest BCUT2D eigenvalue weighted by molar-refractivity contribution is 0.0856. The molecular weight excluding hydrogens is 397 g/mol. The molecule has 0 radical (unpaired) electrons. The Bertz CT molecular complexity index is 842. The molecule has 0 saturated carbocycles. The summed E-state index contributed by atoms with van der Waals surface area (Å²) in [6, 6.07) is 5.40. The minimum absolute atomic E-state index is 0.0886. The SMILES string of the molecule is CCc1c(C(=O)NCC2CCCO2)c(CC(C)C)nn1-c1ccc(Cl)c(Cl)c1. The normalized spacial score (nSPS) is 16.7. The molecule has 1 aliphatic rings. The first-order chi connectivity index (χ1) is 13.4. The van der Waals surface area contributed by atoms with Crippen molar-refractivity contribution in [1.29, 1.82) is 0 Å². The topological polar surface area (TPSA) is 56.1 Å². The molecule has 1 aromatic heterocycles. The average Bonchev–Trinajstić information content (AvgIpc) is 3.29. The summed E-state index contributed by atoms with van der Waals surface area (Å²) in [6.45, 7) is 7.58. The molecule has 2 heterocycles. The van der Waals surface area contributed by atoms with Crippen molar-refractivity contribution < 1.29 is 9.53 Å². The van der Waals surface area contributed by atoms with Gasteiger partial charge in [0.15, 0.2) is 0 Å². The second-order valence-electron chi connectivity index (χ2n) is 7.58. The molecule has 1 atom stereocenters. The van der Waals surface area contributed by atoms with Crippen molar-refractivity contribution in [3.63, 3.8) is 0 Å². The van der Waals surface area contributed by atoms with Crippen LogP contribution in [0, 0.1) is 5.92 Å². The highest BCUT2D eigenvalue weighted by atomic mass is 35.5. The van der Waals surface area contributed by atoms with Crippen LogP contribution in [0.1, 0.15) is 55.4 Å². The van der Waals surface area contributed by atoms with Crippen LogP contribution in [0.5, 0.6) is 0 Å². The van der Waals surface area contributed by atoms with Crippen molar-refractivity contribution in [1.82, 2.24) is 15.1 Å². The van der Waals surface area contributed by atoms with Crippen LogP contribution in [-0.2, 0) is 17.6 Å². The number of hydrogen-bond acceptors (Lipinski definition) is 3. The summed E-state index contributed by atoms with van der Waals surface area (Å²) in [5.74, 6) is 0.292. The highest BCUT2D eigenvalue weighted by Gasteiger charge is 2.25. The molecule has 3 rings (SSSR count). The van der Waals surface area contributed by atoms with Gasteiger partial charge in [-0.05, 0) is 49.8 Å². The zero-order chi connectivity index (χ0) is 20.3. The summed E-state index contributed by atoms with van der Waals surface area (Å²) in [5.41, 5.74) is 3.15. The zero-order valence-corrected chi connectivity index (χ0v) is 18.1.